The summed E-state index contributed by atoms with van der Waals surface area (Å²) in [5.41, 5.74) is 0.982. The van der Waals surface area contributed by atoms with Crippen LogP contribution in [0.4, 0.5) is 5.69 Å². The van der Waals surface area contributed by atoms with Gasteiger partial charge in [0.05, 0.1) is 12.1 Å². The normalized spacial score (nSPS) is 20.8. The molecule has 0 saturated carbocycles. The second kappa shape index (κ2) is 9.61. The SMILES string of the molecule is O=C(c1cccc(Oc2ncccn2)c1)N1CCC[C@]2(CC1)CN(c1ccccc1)C(=O)CO2. The van der Waals surface area contributed by atoms with Crippen molar-refractivity contribution < 1.29 is 19.1 Å². The summed E-state index contributed by atoms with van der Waals surface area (Å²) >= 11 is 0. The molecule has 1 spiro atoms. The van der Waals surface area contributed by atoms with Crippen LogP contribution in [0.25, 0.3) is 0 Å². The molecule has 1 atom stereocenters. The highest BCUT2D eigenvalue weighted by atomic mass is 16.5. The molecule has 2 aliphatic rings. The summed E-state index contributed by atoms with van der Waals surface area (Å²) in [5, 5.41) is 0. The van der Waals surface area contributed by atoms with Crippen LogP contribution in [-0.2, 0) is 9.53 Å². The zero-order valence-electron chi connectivity index (χ0n) is 18.8. The van der Waals surface area contributed by atoms with Gasteiger partial charge in [0, 0.05) is 36.7 Å². The van der Waals surface area contributed by atoms with E-state index in [9.17, 15) is 9.59 Å². The molecule has 2 saturated heterocycles. The third kappa shape index (κ3) is 4.77. The number of hydrogen-bond donors (Lipinski definition) is 0. The van der Waals surface area contributed by atoms with Crippen LogP contribution in [0.5, 0.6) is 11.8 Å². The van der Waals surface area contributed by atoms with Gasteiger partial charge in [-0.25, -0.2) is 9.97 Å². The molecule has 1 aromatic heterocycles. The maximum Gasteiger partial charge on any atom is 0.321 e. The fraction of sp³-hybridized carbons (Fsp3) is 0.308. The van der Waals surface area contributed by atoms with Crippen molar-refractivity contribution in [2.45, 2.75) is 24.9 Å². The number of likely N-dealkylation sites (tertiary alicyclic amines) is 1. The van der Waals surface area contributed by atoms with Gasteiger partial charge in [-0.3, -0.25) is 9.59 Å². The highest BCUT2D eigenvalue weighted by Gasteiger charge is 2.42. The molecule has 2 fully saturated rings. The summed E-state index contributed by atoms with van der Waals surface area (Å²) in [6.45, 7) is 1.75. The molecular weight excluding hydrogens is 432 g/mol. The molecule has 2 amide bonds. The first-order valence-corrected chi connectivity index (χ1v) is 11.5. The predicted octanol–water partition coefficient (Wildman–Crippen LogP) is 3.70. The van der Waals surface area contributed by atoms with Crippen molar-refractivity contribution in [3.05, 3.63) is 78.6 Å². The second-order valence-corrected chi connectivity index (χ2v) is 8.59. The van der Waals surface area contributed by atoms with Crippen molar-refractivity contribution in [1.29, 1.82) is 0 Å². The van der Waals surface area contributed by atoms with Crippen molar-refractivity contribution in [2.24, 2.45) is 0 Å². The van der Waals surface area contributed by atoms with Gasteiger partial charge >= 0.3 is 6.01 Å². The smallest absolute Gasteiger partial charge is 0.321 e. The fourth-order valence-electron chi connectivity index (χ4n) is 4.55. The van der Waals surface area contributed by atoms with E-state index >= 15 is 0 Å². The van der Waals surface area contributed by atoms with Gasteiger partial charge in [-0.1, -0.05) is 24.3 Å². The number of nitrogens with zero attached hydrogens (tertiary/aromatic N) is 4. The van der Waals surface area contributed by atoms with Crippen molar-refractivity contribution in [3.8, 4) is 11.8 Å². The average Bonchev–Trinajstić information content (AvgIpc) is 3.09. The standard InChI is InChI=1S/C26H26N4O4/c31-23-18-33-26(19-30(23)21-8-2-1-3-9-21)11-5-15-29(16-12-26)24(32)20-7-4-10-22(17-20)34-25-27-13-6-14-28-25/h1-4,6-10,13-14,17H,5,11-12,15-16,18-19H2/t26-/m0/s1. The van der Waals surface area contributed by atoms with Gasteiger partial charge in [0.25, 0.3) is 11.8 Å². The van der Waals surface area contributed by atoms with E-state index in [4.69, 9.17) is 9.47 Å². The van der Waals surface area contributed by atoms with Gasteiger partial charge < -0.3 is 19.3 Å². The van der Waals surface area contributed by atoms with Crippen LogP contribution in [-0.4, -0.2) is 58.5 Å². The van der Waals surface area contributed by atoms with Crippen molar-refractivity contribution in [2.75, 3.05) is 31.1 Å². The number of aromatic nitrogens is 2. The first kappa shape index (κ1) is 22.0. The Balaban J connectivity index is 1.27. The number of hydrogen-bond acceptors (Lipinski definition) is 6. The zero-order chi connectivity index (χ0) is 23.4. The number of amides is 2. The van der Waals surface area contributed by atoms with Crippen molar-refractivity contribution in [3.63, 3.8) is 0 Å². The summed E-state index contributed by atoms with van der Waals surface area (Å²) in [4.78, 5) is 37.6. The number of para-hydroxylation sites is 1. The van der Waals surface area contributed by atoms with Crippen LogP contribution in [0.3, 0.4) is 0 Å². The molecule has 174 valence electrons. The number of benzene rings is 2. The summed E-state index contributed by atoms with van der Waals surface area (Å²) in [7, 11) is 0. The van der Waals surface area contributed by atoms with Crippen LogP contribution in [0.1, 0.15) is 29.6 Å². The van der Waals surface area contributed by atoms with Crippen molar-refractivity contribution in [1.82, 2.24) is 14.9 Å². The largest absolute Gasteiger partial charge is 0.424 e. The molecule has 0 unspecified atom stereocenters. The Morgan fingerprint density at radius 1 is 0.971 bits per heavy atom. The molecule has 5 rings (SSSR count). The molecule has 0 radical (unpaired) electrons. The number of ether oxygens (including phenoxy) is 2. The maximum absolute atomic E-state index is 13.3. The van der Waals surface area contributed by atoms with E-state index < -0.39 is 5.60 Å². The molecular formula is C26H26N4O4. The minimum absolute atomic E-state index is 0.0341. The van der Waals surface area contributed by atoms with Gasteiger partial charge in [-0.05, 0) is 55.7 Å². The maximum atomic E-state index is 13.3. The minimum atomic E-state index is -0.450. The first-order chi connectivity index (χ1) is 16.6. The van der Waals surface area contributed by atoms with Crippen LogP contribution < -0.4 is 9.64 Å². The lowest BCUT2D eigenvalue weighted by Gasteiger charge is -2.42. The Morgan fingerprint density at radius 2 is 1.79 bits per heavy atom. The Bertz CT molecular complexity index is 1160. The number of carbonyl (C=O) groups is 2. The lowest BCUT2D eigenvalue weighted by atomic mass is 9.92. The Hall–Kier alpha value is -3.78. The van der Waals surface area contributed by atoms with Crippen LogP contribution in [0, 0.1) is 0 Å². The summed E-state index contributed by atoms with van der Waals surface area (Å²) in [6, 6.07) is 18.7. The number of anilines is 1. The quantitative estimate of drug-likeness (QED) is 0.593. The average molecular weight is 459 g/mol. The van der Waals surface area contributed by atoms with E-state index in [1.54, 1.807) is 42.7 Å². The summed E-state index contributed by atoms with van der Waals surface area (Å²) in [6.07, 6.45) is 5.47. The third-order valence-electron chi connectivity index (χ3n) is 6.33. The number of morpholine rings is 1. The van der Waals surface area contributed by atoms with E-state index in [1.165, 1.54) is 0 Å². The molecule has 2 aliphatic heterocycles. The predicted molar refractivity (Wildman–Crippen MR) is 126 cm³/mol. The molecule has 8 nitrogen and oxygen atoms in total. The van der Waals surface area contributed by atoms with Crippen LogP contribution in [0.2, 0.25) is 0 Å². The lowest BCUT2D eigenvalue weighted by Crippen LogP contribution is -2.55. The van der Waals surface area contributed by atoms with E-state index in [1.807, 2.05) is 40.1 Å². The highest BCUT2D eigenvalue weighted by Crippen LogP contribution is 2.33. The van der Waals surface area contributed by atoms with Crippen LogP contribution in [0.15, 0.2) is 73.1 Å². The lowest BCUT2D eigenvalue weighted by molar-refractivity contribution is -0.140. The van der Waals surface area contributed by atoms with Gasteiger partial charge in [-0.2, -0.15) is 0 Å². The molecule has 0 bridgehead atoms. The Kier molecular flexibility index (Phi) is 6.22. The molecule has 34 heavy (non-hydrogen) atoms. The van der Waals surface area contributed by atoms with Crippen LogP contribution >= 0.6 is 0 Å². The van der Waals surface area contributed by atoms with Gasteiger partial charge in [0.2, 0.25) is 0 Å². The van der Waals surface area contributed by atoms with Gasteiger partial charge in [0.15, 0.2) is 0 Å². The zero-order valence-corrected chi connectivity index (χ0v) is 18.8. The fourth-order valence-corrected chi connectivity index (χ4v) is 4.55. The Labute approximate surface area is 198 Å². The van der Waals surface area contributed by atoms with E-state index in [0.29, 0.717) is 37.4 Å². The molecule has 3 aromatic rings. The molecule has 0 N–H and O–H groups in total. The second-order valence-electron chi connectivity index (χ2n) is 8.59. The topological polar surface area (TPSA) is 84.9 Å². The van der Waals surface area contributed by atoms with E-state index in [-0.39, 0.29) is 24.4 Å². The van der Waals surface area contributed by atoms with E-state index in [0.717, 1.165) is 18.5 Å². The highest BCUT2D eigenvalue weighted by molar-refractivity contribution is 5.95. The minimum Gasteiger partial charge on any atom is -0.424 e. The first-order valence-electron chi connectivity index (χ1n) is 11.5. The van der Waals surface area contributed by atoms with Gasteiger partial charge in [-0.15, -0.1) is 0 Å². The van der Waals surface area contributed by atoms with Crippen molar-refractivity contribution >= 4 is 17.5 Å². The Morgan fingerprint density at radius 3 is 2.62 bits per heavy atom. The summed E-state index contributed by atoms with van der Waals surface area (Å²) < 4.78 is 11.8. The number of rotatable bonds is 4. The molecule has 8 heteroatoms. The number of carbonyl (C=O) groups excluding carboxylic acids is 2. The molecule has 3 heterocycles. The third-order valence-corrected chi connectivity index (χ3v) is 6.33. The van der Waals surface area contributed by atoms with E-state index in [2.05, 4.69) is 9.97 Å². The molecule has 0 aliphatic carbocycles. The monoisotopic (exact) mass is 458 g/mol. The van der Waals surface area contributed by atoms with Gasteiger partial charge in [0.1, 0.15) is 12.4 Å². The summed E-state index contributed by atoms with van der Waals surface area (Å²) in [5.74, 6) is 0.424. The molecule has 2 aromatic carbocycles.